The molecule has 3 aliphatic rings. The van der Waals surface area contributed by atoms with Crippen molar-refractivity contribution in [1.82, 2.24) is 5.32 Å². The van der Waals surface area contributed by atoms with E-state index < -0.39 is 0 Å². The second-order valence-electron chi connectivity index (χ2n) is 6.06. The third kappa shape index (κ3) is 2.46. The summed E-state index contributed by atoms with van der Waals surface area (Å²) in [5, 5.41) is 3.65. The number of ether oxygens (including phenoxy) is 1. The van der Waals surface area contributed by atoms with Crippen LogP contribution >= 0.6 is 0 Å². The fraction of sp³-hybridized carbons (Fsp3) is 0.857. The van der Waals surface area contributed by atoms with E-state index in [9.17, 15) is 0 Å². The summed E-state index contributed by atoms with van der Waals surface area (Å²) in [7, 11) is 5.96. The minimum atomic E-state index is 0.271. The van der Waals surface area contributed by atoms with Gasteiger partial charge in [-0.25, -0.2) is 0 Å². The minimum Gasteiger partial charge on any atom is -0.358 e. The van der Waals surface area contributed by atoms with Crippen LogP contribution in [0.2, 0.25) is 5.82 Å². The highest BCUT2D eigenvalue weighted by Crippen LogP contribution is 2.36. The highest BCUT2D eigenvalue weighted by Gasteiger charge is 2.39. The Labute approximate surface area is 106 Å². The molecule has 3 heteroatoms. The second-order valence-corrected chi connectivity index (χ2v) is 6.06. The summed E-state index contributed by atoms with van der Waals surface area (Å²) in [5.41, 5.74) is 0. The number of fused-ring (bicyclic) bond motifs is 1. The normalized spacial score (nSPS) is 50.2. The molecule has 0 bridgehead atoms. The maximum absolute atomic E-state index is 6.21. The Hall–Kier alpha value is -0.275. The molecule has 0 spiro atoms. The topological polar surface area (TPSA) is 21.3 Å². The number of hydrogen-bond donors (Lipinski definition) is 1. The zero-order valence-corrected chi connectivity index (χ0v) is 10.6. The van der Waals surface area contributed by atoms with E-state index in [1.807, 2.05) is 0 Å². The molecule has 0 aromatic carbocycles. The molecule has 1 N–H and O–H groups in total. The van der Waals surface area contributed by atoms with Gasteiger partial charge in [-0.3, -0.25) is 5.32 Å². The van der Waals surface area contributed by atoms with Crippen molar-refractivity contribution in [2.45, 2.75) is 63.2 Å². The maximum Gasteiger partial charge on any atom is 0.111 e. The first kappa shape index (κ1) is 11.8. The first-order valence-corrected chi connectivity index (χ1v) is 7.08. The van der Waals surface area contributed by atoms with E-state index >= 15 is 0 Å². The molecule has 4 atom stereocenters. The maximum atomic E-state index is 6.21. The molecule has 2 nitrogen and oxygen atoms in total. The van der Waals surface area contributed by atoms with Gasteiger partial charge >= 0.3 is 0 Å². The van der Waals surface area contributed by atoms with Gasteiger partial charge in [0.25, 0.3) is 0 Å². The Balaban J connectivity index is 1.59. The van der Waals surface area contributed by atoms with Gasteiger partial charge in [0.2, 0.25) is 0 Å². The molecule has 1 saturated carbocycles. The van der Waals surface area contributed by atoms with Crippen LogP contribution in [0.5, 0.6) is 0 Å². The van der Waals surface area contributed by atoms with E-state index in [0.717, 1.165) is 19.3 Å². The van der Waals surface area contributed by atoms with Gasteiger partial charge in [0.05, 0.1) is 20.0 Å². The molecule has 0 aromatic rings. The molecule has 1 saturated heterocycles. The second kappa shape index (κ2) is 4.77. The van der Waals surface area contributed by atoms with E-state index in [-0.39, 0.29) is 6.23 Å². The molecule has 0 amide bonds. The summed E-state index contributed by atoms with van der Waals surface area (Å²) in [4.78, 5) is 0. The molecule has 2 radical (unpaired) electrons. The van der Waals surface area contributed by atoms with E-state index in [4.69, 9.17) is 12.6 Å². The summed E-state index contributed by atoms with van der Waals surface area (Å²) in [5.74, 6) is 1.76. The van der Waals surface area contributed by atoms with Crippen LogP contribution < -0.4 is 5.32 Å². The monoisotopic (exact) mass is 231 g/mol. The first-order chi connectivity index (χ1) is 8.22. The van der Waals surface area contributed by atoms with E-state index in [1.165, 1.54) is 12.8 Å². The Morgan fingerprint density at radius 1 is 1.18 bits per heavy atom. The van der Waals surface area contributed by atoms with Crippen LogP contribution in [0.15, 0.2) is 12.2 Å². The standard InChI is InChI=1S/C14H22BNO/c1-9-2-7-12-13(8-9)17-14(16-12)10-3-5-11(15)6-4-10/h2,7,9-14,16H,3-6,8H2,1H3. The fourth-order valence-corrected chi connectivity index (χ4v) is 3.44. The zero-order chi connectivity index (χ0) is 11.8. The smallest absolute Gasteiger partial charge is 0.111 e. The fourth-order valence-electron chi connectivity index (χ4n) is 3.44. The lowest BCUT2D eigenvalue weighted by Gasteiger charge is -2.30. The zero-order valence-electron chi connectivity index (χ0n) is 10.6. The van der Waals surface area contributed by atoms with Crippen molar-refractivity contribution in [2.75, 3.05) is 0 Å². The highest BCUT2D eigenvalue weighted by atomic mass is 16.5. The minimum absolute atomic E-state index is 0.271. The van der Waals surface area contributed by atoms with Crippen LogP contribution in [0.4, 0.5) is 0 Å². The van der Waals surface area contributed by atoms with Crippen LogP contribution in [0, 0.1) is 11.8 Å². The van der Waals surface area contributed by atoms with Crippen LogP contribution in [0.3, 0.4) is 0 Å². The Kier molecular flexibility index (Phi) is 3.31. The van der Waals surface area contributed by atoms with Crippen molar-refractivity contribution >= 4 is 7.85 Å². The van der Waals surface area contributed by atoms with Crippen molar-refractivity contribution in [2.24, 2.45) is 11.8 Å². The number of nitrogens with one attached hydrogen (secondary N) is 1. The molecular formula is C14H22BNO. The lowest BCUT2D eigenvalue weighted by Crippen LogP contribution is -2.38. The van der Waals surface area contributed by atoms with Crippen LogP contribution in [-0.4, -0.2) is 26.2 Å². The summed E-state index contributed by atoms with van der Waals surface area (Å²) >= 11 is 0. The van der Waals surface area contributed by atoms with E-state index in [2.05, 4.69) is 24.4 Å². The van der Waals surface area contributed by atoms with Gasteiger partial charge in [-0.1, -0.05) is 37.7 Å². The molecule has 4 unspecified atom stereocenters. The molecule has 17 heavy (non-hydrogen) atoms. The summed E-state index contributed by atoms with van der Waals surface area (Å²) < 4.78 is 6.21. The summed E-state index contributed by atoms with van der Waals surface area (Å²) in [6, 6.07) is 0.451. The molecule has 1 aliphatic heterocycles. The third-order valence-corrected chi connectivity index (χ3v) is 4.57. The Morgan fingerprint density at radius 3 is 2.71 bits per heavy atom. The van der Waals surface area contributed by atoms with Crippen molar-refractivity contribution in [3.05, 3.63) is 12.2 Å². The number of allylic oxidation sites excluding steroid dienone is 1. The molecule has 92 valence electrons. The Morgan fingerprint density at radius 2 is 1.94 bits per heavy atom. The SMILES string of the molecule is [B]C1CCC(C2NC3C=CC(C)CC3O2)CC1. The molecule has 0 aromatic heterocycles. The van der Waals surface area contributed by atoms with Gasteiger partial charge in [-0.2, -0.15) is 0 Å². The number of rotatable bonds is 1. The molecule has 2 fully saturated rings. The van der Waals surface area contributed by atoms with E-state index in [1.54, 1.807) is 0 Å². The van der Waals surface area contributed by atoms with Crippen LogP contribution in [0.1, 0.15) is 39.0 Å². The molecule has 3 rings (SSSR count). The molecule has 1 heterocycles. The van der Waals surface area contributed by atoms with Crippen molar-refractivity contribution < 1.29 is 4.74 Å². The van der Waals surface area contributed by atoms with Crippen molar-refractivity contribution in [1.29, 1.82) is 0 Å². The van der Waals surface area contributed by atoms with Gasteiger partial charge in [0.1, 0.15) is 6.23 Å². The summed E-state index contributed by atoms with van der Waals surface area (Å²) in [6.45, 7) is 2.27. The quantitative estimate of drug-likeness (QED) is 0.552. The van der Waals surface area contributed by atoms with Gasteiger partial charge in [0, 0.05) is 0 Å². The first-order valence-electron chi connectivity index (χ1n) is 7.08. The van der Waals surface area contributed by atoms with Gasteiger partial charge in [-0.05, 0) is 31.1 Å². The van der Waals surface area contributed by atoms with Crippen molar-refractivity contribution in [3.8, 4) is 0 Å². The van der Waals surface area contributed by atoms with Crippen LogP contribution in [-0.2, 0) is 4.74 Å². The average Bonchev–Trinajstić information content (AvgIpc) is 2.72. The lowest BCUT2D eigenvalue weighted by atomic mass is 9.71. The van der Waals surface area contributed by atoms with Gasteiger partial charge in [-0.15, -0.1) is 0 Å². The molecular weight excluding hydrogens is 209 g/mol. The predicted octanol–water partition coefficient (Wildman–Crippen LogP) is 2.41. The average molecular weight is 231 g/mol. The number of hydrogen-bond acceptors (Lipinski definition) is 2. The lowest BCUT2D eigenvalue weighted by molar-refractivity contribution is -0.0137. The van der Waals surface area contributed by atoms with Crippen molar-refractivity contribution in [3.63, 3.8) is 0 Å². The summed E-state index contributed by atoms with van der Waals surface area (Å²) in [6.07, 6.45) is 11.2. The van der Waals surface area contributed by atoms with Gasteiger partial charge in [0.15, 0.2) is 0 Å². The Bertz CT molecular complexity index is 299. The third-order valence-electron chi connectivity index (χ3n) is 4.57. The molecule has 2 aliphatic carbocycles. The highest BCUT2D eigenvalue weighted by molar-refractivity contribution is 6.11. The van der Waals surface area contributed by atoms with Crippen LogP contribution in [0.25, 0.3) is 0 Å². The van der Waals surface area contributed by atoms with Gasteiger partial charge < -0.3 is 4.74 Å². The largest absolute Gasteiger partial charge is 0.358 e. The predicted molar refractivity (Wildman–Crippen MR) is 70.0 cm³/mol. The van der Waals surface area contributed by atoms with E-state index in [0.29, 0.717) is 29.8 Å².